The van der Waals surface area contributed by atoms with E-state index >= 15 is 0 Å². The largest absolute Gasteiger partial charge is 0.357 e. The zero-order valence-corrected chi connectivity index (χ0v) is 32.3. The van der Waals surface area contributed by atoms with Crippen LogP contribution in [0.1, 0.15) is 96.0 Å². The van der Waals surface area contributed by atoms with Crippen molar-refractivity contribution in [1.82, 2.24) is 35.9 Å². The molecule has 0 atom stereocenters. The fourth-order valence-electron chi connectivity index (χ4n) is 9.46. The van der Waals surface area contributed by atoms with Crippen LogP contribution < -0.4 is 16.0 Å². The van der Waals surface area contributed by atoms with Gasteiger partial charge in [0.1, 0.15) is 11.0 Å². The maximum absolute atomic E-state index is 14.6. The highest BCUT2D eigenvalue weighted by Crippen LogP contribution is 2.47. The fourth-order valence-corrected chi connectivity index (χ4v) is 9.62. The average molecular weight is 792 g/mol. The molecule has 290 valence electrons. The van der Waals surface area contributed by atoms with Crippen LogP contribution in [0.4, 0.5) is 4.39 Å². The highest BCUT2D eigenvalue weighted by molar-refractivity contribution is 6.29. The molecule has 3 amide bonds. The minimum absolute atomic E-state index is 0.0182. The van der Waals surface area contributed by atoms with Crippen molar-refractivity contribution in [3.05, 3.63) is 140 Å². The summed E-state index contributed by atoms with van der Waals surface area (Å²) in [6.45, 7) is 0.315. The van der Waals surface area contributed by atoms with Crippen molar-refractivity contribution < 1.29 is 18.8 Å². The van der Waals surface area contributed by atoms with E-state index in [9.17, 15) is 18.8 Å². The maximum atomic E-state index is 14.6. The van der Waals surface area contributed by atoms with Crippen LogP contribution in [-0.4, -0.2) is 48.7 Å². The maximum Gasteiger partial charge on any atom is 0.254 e. The molecule has 10 nitrogen and oxygen atoms in total. The Bertz CT molecular complexity index is 2750. The van der Waals surface area contributed by atoms with Crippen LogP contribution in [0.3, 0.4) is 0 Å². The van der Waals surface area contributed by atoms with E-state index in [0.717, 1.165) is 131 Å². The topological polar surface area (TPSA) is 145 Å². The van der Waals surface area contributed by atoms with Gasteiger partial charge in [0.25, 0.3) is 17.7 Å². The number of benzene rings is 2. The quantitative estimate of drug-likeness (QED) is 0.119. The number of pyridine rings is 2. The number of amides is 3. The molecule has 0 saturated heterocycles. The zero-order chi connectivity index (χ0) is 39.3. The summed E-state index contributed by atoms with van der Waals surface area (Å²) in [5, 5.41) is 9.71. The Morgan fingerprint density at radius 3 is 1.93 bits per heavy atom. The predicted octanol–water partition coefficient (Wildman–Crippen LogP) is 7.38. The van der Waals surface area contributed by atoms with Crippen molar-refractivity contribution >= 4 is 29.3 Å². The number of carbonyl (C=O) groups excluding carboxylic acids is 3. The number of hydrogen-bond donors (Lipinski definition) is 5. The van der Waals surface area contributed by atoms with Crippen molar-refractivity contribution in [1.29, 1.82) is 0 Å². The normalized spacial score (nSPS) is 17.9. The summed E-state index contributed by atoms with van der Waals surface area (Å²) >= 11 is 6.05. The van der Waals surface area contributed by atoms with Gasteiger partial charge in [0.05, 0.1) is 33.8 Å². The lowest BCUT2D eigenvalue weighted by Crippen LogP contribution is -2.43. The van der Waals surface area contributed by atoms with Gasteiger partial charge in [-0.05, 0) is 110 Å². The summed E-state index contributed by atoms with van der Waals surface area (Å²) in [7, 11) is 0. The number of aryl methyl sites for hydroxylation is 2. The number of rotatable bonds is 4. The molecule has 0 unspecified atom stereocenters. The number of carbonyl (C=O) groups is 3. The van der Waals surface area contributed by atoms with Gasteiger partial charge < -0.3 is 25.9 Å². The van der Waals surface area contributed by atoms with Gasteiger partial charge in [0, 0.05) is 70.9 Å². The van der Waals surface area contributed by atoms with E-state index < -0.39 is 11.7 Å². The third-order valence-electron chi connectivity index (χ3n) is 12.9. The van der Waals surface area contributed by atoms with Gasteiger partial charge in [-0.25, -0.2) is 9.37 Å². The van der Waals surface area contributed by atoms with E-state index in [0.29, 0.717) is 23.0 Å². The second kappa shape index (κ2) is 13.0. The van der Waals surface area contributed by atoms with Gasteiger partial charge in [-0.1, -0.05) is 41.9 Å². The van der Waals surface area contributed by atoms with Gasteiger partial charge in [-0.2, -0.15) is 0 Å². The second-order valence-electron chi connectivity index (χ2n) is 16.7. The number of nitrogens with one attached hydrogen (secondary N) is 5. The smallest absolute Gasteiger partial charge is 0.254 e. The van der Waals surface area contributed by atoms with Crippen molar-refractivity contribution in [2.24, 2.45) is 0 Å². The summed E-state index contributed by atoms with van der Waals surface area (Å²) in [4.78, 5) is 54.1. The molecule has 2 saturated carbocycles. The van der Waals surface area contributed by atoms with Crippen LogP contribution in [0.15, 0.2) is 73.1 Å². The second-order valence-corrected chi connectivity index (χ2v) is 17.1. The van der Waals surface area contributed by atoms with Crippen LogP contribution in [0.5, 0.6) is 0 Å². The van der Waals surface area contributed by atoms with Crippen LogP contribution in [0, 0.1) is 5.82 Å². The molecule has 2 aromatic carbocycles. The number of H-pyrrole nitrogens is 2. The number of fused-ring (bicyclic) bond motifs is 10. The van der Waals surface area contributed by atoms with Crippen molar-refractivity contribution in [2.45, 2.75) is 81.8 Å². The molecule has 12 heteroatoms. The Hall–Kier alpha value is -6.07. The molecule has 12 rings (SSSR count). The van der Waals surface area contributed by atoms with Crippen LogP contribution in [0.2, 0.25) is 5.15 Å². The van der Waals surface area contributed by atoms with Gasteiger partial charge in [0.2, 0.25) is 0 Å². The number of aromatic amines is 2. The van der Waals surface area contributed by atoms with Gasteiger partial charge in [-0.3, -0.25) is 19.4 Å². The van der Waals surface area contributed by atoms with E-state index in [-0.39, 0.29) is 28.5 Å². The molecule has 0 bridgehead atoms. The minimum atomic E-state index is -0.577. The first-order chi connectivity index (χ1) is 28.1. The lowest BCUT2D eigenvalue weighted by atomic mass is 9.87. The van der Waals surface area contributed by atoms with Crippen molar-refractivity contribution in [3.63, 3.8) is 0 Å². The Balaban J connectivity index is 0.000000154. The molecule has 2 spiro atoms. The van der Waals surface area contributed by atoms with E-state index in [1.54, 1.807) is 12.1 Å². The predicted molar refractivity (Wildman–Crippen MR) is 217 cm³/mol. The van der Waals surface area contributed by atoms with Gasteiger partial charge in [0.15, 0.2) is 0 Å². The van der Waals surface area contributed by atoms with E-state index in [1.807, 2.05) is 54.9 Å². The number of nitrogens with zero attached hydrogens (tertiary/aromatic N) is 2. The lowest BCUT2D eigenvalue weighted by molar-refractivity contribution is 0.0908. The number of halogens is 2. The first kappa shape index (κ1) is 35.1. The molecule has 4 aromatic heterocycles. The Labute approximate surface area is 338 Å². The Morgan fingerprint density at radius 2 is 1.33 bits per heavy atom. The summed E-state index contributed by atoms with van der Waals surface area (Å²) in [5.74, 6) is -0.930. The van der Waals surface area contributed by atoms with Crippen LogP contribution in [-0.2, 0) is 45.1 Å². The van der Waals surface area contributed by atoms with Gasteiger partial charge in [-0.15, -0.1) is 0 Å². The molecule has 6 aliphatic rings. The van der Waals surface area contributed by atoms with Crippen molar-refractivity contribution in [3.8, 4) is 33.8 Å². The van der Waals surface area contributed by atoms with Gasteiger partial charge >= 0.3 is 0 Å². The number of aromatic nitrogens is 4. The van der Waals surface area contributed by atoms with Crippen LogP contribution >= 0.6 is 11.6 Å². The van der Waals surface area contributed by atoms with E-state index in [1.165, 1.54) is 11.6 Å². The van der Waals surface area contributed by atoms with Crippen molar-refractivity contribution in [2.75, 3.05) is 0 Å². The molecule has 2 fully saturated rings. The fraction of sp³-hybridized carbons (Fsp3) is 0.283. The minimum Gasteiger partial charge on any atom is -0.357 e. The monoisotopic (exact) mass is 791 g/mol. The first-order valence-electron chi connectivity index (χ1n) is 20.0. The summed E-state index contributed by atoms with van der Waals surface area (Å²) in [6, 6.07) is 17.9. The summed E-state index contributed by atoms with van der Waals surface area (Å²) in [5.41, 5.74) is 14.7. The van der Waals surface area contributed by atoms with Crippen LogP contribution in [0.25, 0.3) is 33.8 Å². The molecule has 0 radical (unpaired) electrons. The molecular formula is C46H39ClFN7O3. The molecule has 2 aliphatic heterocycles. The molecule has 58 heavy (non-hydrogen) atoms. The summed E-state index contributed by atoms with van der Waals surface area (Å²) in [6.07, 6.45) is 13.1. The third kappa shape index (κ3) is 5.93. The molecule has 6 heterocycles. The molecular weight excluding hydrogens is 753 g/mol. The lowest BCUT2D eigenvalue weighted by Gasteiger charge is -2.24. The molecule has 6 aromatic rings. The first-order valence-corrected chi connectivity index (χ1v) is 20.4. The zero-order valence-electron chi connectivity index (χ0n) is 31.6. The Morgan fingerprint density at radius 1 is 0.741 bits per heavy atom. The highest BCUT2D eigenvalue weighted by atomic mass is 35.5. The number of hydrogen-bond acceptors (Lipinski definition) is 5. The van der Waals surface area contributed by atoms with E-state index in [4.69, 9.17) is 11.6 Å². The third-order valence-corrected chi connectivity index (χ3v) is 13.1. The molecule has 5 N–H and O–H groups in total. The highest BCUT2D eigenvalue weighted by Gasteiger charge is 2.50. The molecule has 4 aliphatic carbocycles. The standard InChI is InChI=1S/C30H25FN4O2.C16H14ClN3O/c31-23-9-7-18(12-22(23)28(36)33-15-17-4-2-1-3-5-17)24-13-21-19(16-32-24)6-8-20-26-25(34-27(20)21)14-30(10-11-30)35-29(26)37;17-12-5-10-8(7-18-12)1-2-9-13-11(19-14(9)10)6-16(3-4-16)20-15(13)21/h1-5,7,9,12-13,16,34H,6,8,10-11,14-15H2,(H,33,36)(H,35,37);5,7,19H,1-4,6H2,(H,20,21). The average Bonchev–Trinajstić information content (AvgIpc) is 4.07. The SMILES string of the molecule is O=C(NCc1ccccc1)c1cc(-c2cc3c(cn2)CCc2c-3[nH]c3c2C(=O)NC2(CC2)C3)ccc1F.O=C1NC2(CC2)Cc2[nH]c3c(c21)CCc1cnc(Cl)cc1-3. The Kier molecular flexibility index (Phi) is 7.86. The summed E-state index contributed by atoms with van der Waals surface area (Å²) < 4.78 is 14.6. The van der Waals surface area contributed by atoms with E-state index in [2.05, 4.69) is 35.9 Å².